The molecule has 1 heteroatoms. The van der Waals surface area contributed by atoms with Gasteiger partial charge in [-0.15, -0.1) is 0 Å². The van der Waals surface area contributed by atoms with Crippen LogP contribution in [0.1, 0.15) is 58.4 Å². The maximum absolute atomic E-state index is 5.76. The molecule has 1 aromatic carbocycles. The van der Waals surface area contributed by atoms with Crippen molar-refractivity contribution in [3.05, 3.63) is 35.9 Å². The van der Waals surface area contributed by atoms with E-state index in [0.29, 0.717) is 5.92 Å². The molecule has 0 aromatic heterocycles. The van der Waals surface area contributed by atoms with Gasteiger partial charge in [-0.05, 0) is 54.9 Å². The third kappa shape index (κ3) is 4.13. The van der Waals surface area contributed by atoms with Gasteiger partial charge in [-0.1, -0.05) is 51.3 Å². The first kappa shape index (κ1) is 15.2. The molecule has 1 saturated carbocycles. The van der Waals surface area contributed by atoms with Crippen LogP contribution in [-0.2, 0) is 0 Å². The quantitative estimate of drug-likeness (QED) is 0.667. The van der Waals surface area contributed by atoms with Gasteiger partial charge in [0.1, 0.15) is 5.75 Å². The van der Waals surface area contributed by atoms with Crippen LogP contribution in [0.2, 0.25) is 0 Å². The van der Waals surface area contributed by atoms with Crippen molar-refractivity contribution in [1.29, 1.82) is 0 Å². The van der Waals surface area contributed by atoms with Crippen molar-refractivity contribution in [3.8, 4) is 5.75 Å². The van der Waals surface area contributed by atoms with Crippen LogP contribution in [0.5, 0.6) is 5.75 Å². The summed E-state index contributed by atoms with van der Waals surface area (Å²) >= 11 is 0. The Morgan fingerprint density at radius 3 is 2.35 bits per heavy atom. The molecule has 0 radical (unpaired) electrons. The Morgan fingerprint density at radius 1 is 1.15 bits per heavy atom. The average molecular weight is 272 g/mol. The molecule has 1 fully saturated rings. The van der Waals surface area contributed by atoms with E-state index in [4.69, 9.17) is 4.74 Å². The van der Waals surface area contributed by atoms with Gasteiger partial charge in [0.2, 0.25) is 0 Å². The lowest BCUT2D eigenvalue weighted by atomic mass is 9.81. The second kappa shape index (κ2) is 7.52. The normalized spacial score (nSPS) is 17.5. The standard InChI is InChI=1S/C19H28O/c1-4-19(16-8-6-5-7-9-16)17-10-12-18(13-11-17)20-14-15(2)3/h4,10-13,15-16H,5-9,14H2,1-3H3. The van der Waals surface area contributed by atoms with Gasteiger partial charge < -0.3 is 4.74 Å². The molecule has 2 rings (SSSR count). The highest BCUT2D eigenvalue weighted by molar-refractivity contribution is 5.67. The minimum absolute atomic E-state index is 0.572. The van der Waals surface area contributed by atoms with Crippen molar-refractivity contribution in [2.75, 3.05) is 6.61 Å². The molecular formula is C19H28O. The molecule has 0 atom stereocenters. The zero-order valence-electron chi connectivity index (χ0n) is 13.2. The lowest BCUT2D eigenvalue weighted by Crippen LogP contribution is -2.08. The van der Waals surface area contributed by atoms with E-state index >= 15 is 0 Å². The summed E-state index contributed by atoms with van der Waals surface area (Å²) in [6.45, 7) is 7.32. The molecule has 110 valence electrons. The molecule has 1 nitrogen and oxygen atoms in total. The first-order valence-corrected chi connectivity index (χ1v) is 8.10. The molecule has 0 N–H and O–H groups in total. The zero-order chi connectivity index (χ0) is 14.4. The Labute approximate surface area is 124 Å². The van der Waals surface area contributed by atoms with Crippen molar-refractivity contribution in [2.24, 2.45) is 11.8 Å². The van der Waals surface area contributed by atoms with Crippen molar-refractivity contribution in [2.45, 2.75) is 52.9 Å². The average Bonchev–Trinajstić information content (AvgIpc) is 2.48. The van der Waals surface area contributed by atoms with Gasteiger partial charge in [0.05, 0.1) is 6.61 Å². The molecule has 1 aliphatic carbocycles. The zero-order valence-corrected chi connectivity index (χ0v) is 13.2. The minimum Gasteiger partial charge on any atom is -0.493 e. The van der Waals surface area contributed by atoms with E-state index in [1.807, 2.05) is 0 Å². The van der Waals surface area contributed by atoms with E-state index in [1.54, 1.807) is 0 Å². The van der Waals surface area contributed by atoms with Crippen LogP contribution in [0.4, 0.5) is 0 Å². The van der Waals surface area contributed by atoms with Crippen molar-refractivity contribution in [1.82, 2.24) is 0 Å². The van der Waals surface area contributed by atoms with E-state index in [0.717, 1.165) is 18.3 Å². The topological polar surface area (TPSA) is 9.23 Å². The van der Waals surface area contributed by atoms with Crippen LogP contribution >= 0.6 is 0 Å². The molecule has 20 heavy (non-hydrogen) atoms. The number of hydrogen-bond acceptors (Lipinski definition) is 1. The van der Waals surface area contributed by atoms with Crippen molar-refractivity contribution in [3.63, 3.8) is 0 Å². The summed E-state index contributed by atoms with van der Waals surface area (Å²) in [7, 11) is 0. The van der Waals surface area contributed by atoms with Crippen molar-refractivity contribution >= 4 is 5.57 Å². The fraction of sp³-hybridized carbons (Fsp3) is 0.579. The smallest absolute Gasteiger partial charge is 0.119 e. The van der Waals surface area contributed by atoms with Crippen LogP contribution in [-0.4, -0.2) is 6.61 Å². The third-order valence-electron chi connectivity index (χ3n) is 4.13. The molecule has 0 aliphatic heterocycles. The Kier molecular flexibility index (Phi) is 5.70. The van der Waals surface area contributed by atoms with Crippen LogP contribution in [0.15, 0.2) is 30.3 Å². The van der Waals surface area contributed by atoms with Crippen molar-refractivity contribution < 1.29 is 4.74 Å². The fourth-order valence-corrected chi connectivity index (χ4v) is 3.06. The summed E-state index contributed by atoms with van der Waals surface area (Å²) in [6, 6.07) is 8.67. The van der Waals surface area contributed by atoms with E-state index in [2.05, 4.69) is 51.1 Å². The highest BCUT2D eigenvalue weighted by Gasteiger charge is 2.18. The van der Waals surface area contributed by atoms with Gasteiger partial charge in [0.25, 0.3) is 0 Å². The maximum Gasteiger partial charge on any atom is 0.119 e. The lowest BCUT2D eigenvalue weighted by molar-refractivity contribution is 0.271. The molecule has 1 aromatic rings. The Morgan fingerprint density at radius 2 is 1.80 bits per heavy atom. The van der Waals surface area contributed by atoms with Gasteiger partial charge in [-0.25, -0.2) is 0 Å². The third-order valence-corrected chi connectivity index (χ3v) is 4.13. The molecule has 0 heterocycles. The Balaban J connectivity index is 2.03. The molecule has 0 unspecified atom stereocenters. The van der Waals surface area contributed by atoms with Crippen LogP contribution in [0.25, 0.3) is 5.57 Å². The second-order valence-electron chi connectivity index (χ2n) is 6.31. The summed E-state index contributed by atoms with van der Waals surface area (Å²) in [6.07, 6.45) is 9.20. The number of hydrogen-bond donors (Lipinski definition) is 0. The molecule has 1 aliphatic rings. The van der Waals surface area contributed by atoms with Gasteiger partial charge in [0, 0.05) is 0 Å². The predicted octanol–water partition coefficient (Wildman–Crippen LogP) is 5.71. The van der Waals surface area contributed by atoms with Crippen LogP contribution in [0, 0.1) is 11.8 Å². The first-order chi connectivity index (χ1) is 9.70. The SMILES string of the molecule is CC=C(c1ccc(OCC(C)C)cc1)C1CCCCC1. The molecule has 0 amide bonds. The van der Waals surface area contributed by atoms with Crippen LogP contribution < -0.4 is 4.74 Å². The number of rotatable bonds is 5. The maximum atomic E-state index is 5.76. The minimum atomic E-state index is 0.572. The largest absolute Gasteiger partial charge is 0.493 e. The van der Waals surface area contributed by atoms with Gasteiger partial charge in [-0.2, -0.15) is 0 Å². The highest BCUT2D eigenvalue weighted by Crippen LogP contribution is 2.35. The lowest BCUT2D eigenvalue weighted by Gasteiger charge is -2.25. The van der Waals surface area contributed by atoms with Gasteiger partial charge in [-0.3, -0.25) is 0 Å². The van der Waals surface area contributed by atoms with Crippen LogP contribution in [0.3, 0.4) is 0 Å². The summed E-state index contributed by atoms with van der Waals surface area (Å²) in [5.74, 6) is 2.32. The van der Waals surface area contributed by atoms with Gasteiger partial charge >= 0.3 is 0 Å². The monoisotopic (exact) mass is 272 g/mol. The Hall–Kier alpha value is -1.24. The summed E-state index contributed by atoms with van der Waals surface area (Å²) < 4.78 is 5.76. The highest BCUT2D eigenvalue weighted by atomic mass is 16.5. The predicted molar refractivity (Wildman–Crippen MR) is 87.0 cm³/mol. The van der Waals surface area contributed by atoms with E-state index < -0.39 is 0 Å². The van der Waals surface area contributed by atoms with E-state index in [9.17, 15) is 0 Å². The summed E-state index contributed by atoms with van der Waals surface area (Å²) in [4.78, 5) is 0. The second-order valence-corrected chi connectivity index (χ2v) is 6.31. The van der Waals surface area contributed by atoms with E-state index in [-0.39, 0.29) is 0 Å². The molecular weight excluding hydrogens is 244 g/mol. The van der Waals surface area contributed by atoms with E-state index in [1.165, 1.54) is 43.2 Å². The molecule has 0 bridgehead atoms. The summed E-state index contributed by atoms with van der Waals surface area (Å²) in [5.41, 5.74) is 2.90. The molecule has 0 saturated heterocycles. The molecule has 0 spiro atoms. The van der Waals surface area contributed by atoms with Gasteiger partial charge in [0.15, 0.2) is 0 Å². The first-order valence-electron chi connectivity index (χ1n) is 8.10. The fourth-order valence-electron chi connectivity index (χ4n) is 3.06. The Bertz CT molecular complexity index is 422. The summed E-state index contributed by atoms with van der Waals surface area (Å²) in [5, 5.41) is 0. The number of allylic oxidation sites excluding steroid dienone is 2. The number of ether oxygens (including phenoxy) is 1. The number of benzene rings is 1.